The highest BCUT2D eigenvalue weighted by Gasteiger charge is 2.29. The van der Waals surface area contributed by atoms with Crippen LogP contribution in [-0.2, 0) is 0 Å². The largest absolute Gasteiger partial charge is 0.394 e. The third-order valence-corrected chi connectivity index (χ3v) is 5.37. The fourth-order valence-electron chi connectivity index (χ4n) is 2.66. The van der Waals surface area contributed by atoms with Crippen LogP contribution in [0, 0.1) is 0 Å². The van der Waals surface area contributed by atoms with Gasteiger partial charge in [0.1, 0.15) is 0 Å². The molecule has 0 amide bonds. The van der Waals surface area contributed by atoms with Crippen LogP contribution in [0.2, 0.25) is 0 Å². The van der Waals surface area contributed by atoms with Crippen molar-refractivity contribution in [1.29, 1.82) is 0 Å². The quantitative estimate of drug-likeness (QED) is 0.769. The van der Waals surface area contributed by atoms with Gasteiger partial charge in [-0.25, -0.2) is 0 Å². The van der Waals surface area contributed by atoms with Crippen LogP contribution >= 0.6 is 11.8 Å². The van der Waals surface area contributed by atoms with Crippen LogP contribution in [0.25, 0.3) is 0 Å². The Morgan fingerprint density at radius 3 is 2.68 bits per heavy atom. The average Bonchev–Trinajstić information content (AvgIpc) is 2.47. The van der Waals surface area contributed by atoms with Gasteiger partial charge in [-0.15, -0.1) is 0 Å². The predicted octanol–water partition coefficient (Wildman–Crippen LogP) is 1.74. The molecule has 0 heterocycles. The second kappa shape index (κ2) is 7.29. The van der Waals surface area contributed by atoms with E-state index in [1.165, 1.54) is 5.56 Å². The number of aliphatic hydroxyl groups excluding tert-OH is 2. The zero-order valence-electron chi connectivity index (χ0n) is 11.1. The van der Waals surface area contributed by atoms with Gasteiger partial charge in [-0.2, -0.15) is 11.8 Å². The predicted molar refractivity (Wildman–Crippen MR) is 80.3 cm³/mol. The summed E-state index contributed by atoms with van der Waals surface area (Å²) in [5.41, 5.74) is 7.57. The van der Waals surface area contributed by atoms with Crippen LogP contribution in [0.4, 0.5) is 0 Å². The number of hydrogen-bond acceptors (Lipinski definition) is 4. The molecular weight excluding hydrogens is 258 g/mol. The lowest BCUT2D eigenvalue weighted by molar-refractivity contribution is 0.113. The third kappa shape index (κ3) is 4.21. The second-order valence-electron chi connectivity index (χ2n) is 5.29. The molecule has 0 bridgehead atoms. The molecule has 4 atom stereocenters. The van der Waals surface area contributed by atoms with Gasteiger partial charge in [0.15, 0.2) is 0 Å². The molecular formula is C15H23NO2S. The maximum absolute atomic E-state index is 9.45. The average molecular weight is 281 g/mol. The number of benzene rings is 1. The minimum atomic E-state index is -0.630. The molecule has 106 valence electrons. The Kier molecular flexibility index (Phi) is 5.70. The molecule has 4 heteroatoms. The second-order valence-corrected chi connectivity index (χ2v) is 6.56. The summed E-state index contributed by atoms with van der Waals surface area (Å²) in [6.07, 6.45) is 2.61. The molecule has 0 spiro atoms. The number of nitrogens with two attached hydrogens (primary N) is 1. The standard InChI is InChI=1S/C15H23NO2S/c16-14-7-6-12(11-4-2-1-3-5-11)8-15(14)19-10-13(18)9-17/h1-5,12-15,17-18H,6-10,16H2. The number of aliphatic hydroxyl groups is 2. The molecule has 1 aromatic carbocycles. The third-order valence-electron chi connectivity index (χ3n) is 3.83. The van der Waals surface area contributed by atoms with Crippen molar-refractivity contribution in [2.75, 3.05) is 12.4 Å². The molecule has 1 aliphatic carbocycles. The highest BCUT2D eigenvalue weighted by atomic mass is 32.2. The van der Waals surface area contributed by atoms with E-state index in [4.69, 9.17) is 10.8 Å². The Bertz CT molecular complexity index is 374. The van der Waals surface area contributed by atoms with E-state index in [-0.39, 0.29) is 12.6 Å². The molecule has 3 nitrogen and oxygen atoms in total. The molecule has 0 aliphatic heterocycles. The van der Waals surface area contributed by atoms with Crippen LogP contribution in [0.3, 0.4) is 0 Å². The van der Waals surface area contributed by atoms with Gasteiger partial charge in [-0.3, -0.25) is 0 Å². The minimum absolute atomic E-state index is 0.170. The lowest BCUT2D eigenvalue weighted by Gasteiger charge is -2.34. The van der Waals surface area contributed by atoms with Gasteiger partial charge in [-0.05, 0) is 30.7 Å². The van der Waals surface area contributed by atoms with E-state index in [0.29, 0.717) is 16.9 Å². The molecule has 4 unspecified atom stereocenters. The summed E-state index contributed by atoms with van der Waals surface area (Å²) < 4.78 is 0. The monoisotopic (exact) mass is 281 g/mol. The van der Waals surface area contributed by atoms with Crippen molar-refractivity contribution in [2.45, 2.75) is 42.6 Å². The van der Waals surface area contributed by atoms with Gasteiger partial charge < -0.3 is 15.9 Å². The van der Waals surface area contributed by atoms with E-state index in [9.17, 15) is 5.11 Å². The summed E-state index contributed by atoms with van der Waals surface area (Å²) in [6.45, 7) is -0.170. The molecule has 1 aromatic rings. The van der Waals surface area contributed by atoms with Crippen LogP contribution in [0.1, 0.15) is 30.7 Å². The highest BCUT2D eigenvalue weighted by molar-refractivity contribution is 8.00. The minimum Gasteiger partial charge on any atom is -0.394 e. The summed E-state index contributed by atoms with van der Waals surface area (Å²) in [5.74, 6) is 1.14. The first-order chi connectivity index (χ1) is 9.20. The molecule has 1 saturated carbocycles. The Hall–Kier alpha value is -0.550. The molecule has 1 aliphatic rings. The van der Waals surface area contributed by atoms with E-state index >= 15 is 0 Å². The summed E-state index contributed by atoms with van der Waals surface area (Å²) in [5, 5.41) is 18.7. The normalized spacial score (nSPS) is 29.1. The van der Waals surface area contributed by atoms with Crippen molar-refractivity contribution < 1.29 is 10.2 Å². The van der Waals surface area contributed by atoms with Gasteiger partial charge in [0.2, 0.25) is 0 Å². The molecule has 4 N–H and O–H groups in total. The Morgan fingerprint density at radius 1 is 1.26 bits per heavy atom. The molecule has 2 rings (SSSR count). The topological polar surface area (TPSA) is 66.5 Å². The first kappa shape index (κ1) is 14.9. The Morgan fingerprint density at radius 2 is 2.00 bits per heavy atom. The number of thioether (sulfide) groups is 1. The van der Waals surface area contributed by atoms with Crippen LogP contribution in [0.5, 0.6) is 0 Å². The van der Waals surface area contributed by atoms with Crippen molar-refractivity contribution in [3.05, 3.63) is 35.9 Å². The first-order valence-corrected chi connectivity index (χ1v) is 7.96. The lowest BCUT2D eigenvalue weighted by atomic mass is 9.82. The van der Waals surface area contributed by atoms with Crippen LogP contribution < -0.4 is 5.73 Å². The van der Waals surface area contributed by atoms with Crippen molar-refractivity contribution in [3.8, 4) is 0 Å². The molecule has 1 fully saturated rings. The molecule has 0 aromatic heterocycles. The first-order valence-electron chi connectivity index (χ1n) is 6.91. The smallest absolute Gasteiger partial charge is 0.0861 e. The van der Waals surface area contributed by atoms with Crippen LogP contribution in [-0.4, -0.2) is 40.0 Å². The van der Waals surface area contributed by atoms with E-state index in [1.807, 2.05) is 6.07 Å². The van der Waals surface area contributed by atoms with Gasteiger partial charge in [0.05, 0.1) is 12.7 Å². The zero-order valence-corrected chi connectivity index (χ0v) is 11.9. The van der Waals surface area contributed by atoms with E-state index < -0.39 is 6.10 Å². The van der Waals surface area contributed by atoms with E-state index in [0.717, 1.165) is 19.3 Å². The van der Waals surface area contributed by atoms with Crippen molar-refractivity contribution in [1.82, 2.24) is 0 Å². The van der Waals surface area contributed by atoms with Gasteiger partial charge in [0.25, 0.3) is 0 Å². The molecule has 19 heavy (non-hydrogen) atoms. The summed E-state index contributed by atoms with van der Waals surface area (Å²) in [6, 6.07) is 10.8. The maximum atomic E-state index is 9.45. The Balaban J connectivity index is 1.92. The van der Waals surface area contributed by atoms with Gasteiger partial charge in [0, 0.05) is 17.0 Å². The Labute approximate surface area is 119 Å². The summed E-state index contributed by atoms with van der Waals surface area (Å²) >= 11 is 1.70. The number of rotatable bonds is 5. The highest BCUT2D eigenvalue weighted by Crippen LogP contribution is 2.37. The summed E-state index contributed by atoms with van der Waals surface area (Å²) in [7, 11) is 0. The van der Waals surface area contributed by atoms with E-state index in [2.05, 4.69) is 24.3 Å². The fourth-order valence-corrected chi connectivity index (χ4v) is 3.99. The van der Waals surface area contributed by atoms with Gasteiger partial charge in [-0.1, -0.05) is 30.3 Å². The van der Waals surface area contributed by atoms with E-state index in [1.54, 1.807) is 11.8 Å². The maximum Gasteiger partial charge on any atom is 0.0861 e. The molecule has 0 saturated heterocycles. The lowest BCUT2D eigenvalue weighted by Crippen LogP contribution is -2.38. The van der Waals surface area contributed by atoms with Crippen molar-refractivity contribution >= 4 is 11.8 Å². The van der Waals surface area contributed by atoms with Crippen molar-refractivity contribution in [3.63, 3.8) is 0 Å². The zero-order chi connectivity index (χ0) is 13.7. The summed E-state index contributed by atoms with van der Waals surface area (Å²) in [4.78, 5) is 0. The molecule has 0 radical (unpaired) electrons. The number of hydrogen-bond donors (Lipinski definition) is 3. The SMILES string of the molecule is NC1CCC(c2ccccc2)CC1SCC(O)CO. The van der Waals surface area contributed by atoms with Crippen LogP contribution in [0.15, 0.2) is 30.3 Å². The van der Waals surface area contributed by atoms with Gasteiger partial charge >= 0.3 is 0 Å². The fraction of sp³-hybridized carbons (Fsp3) is 0.600. The van der Waals surface area contributed by atoms with Crippen molar-refractivity contribution in [2.24, 2.45) is 5.73 Å².